The Morgan fingerprint density at radius 3 is 2.15 bits per heavy atom. The lowest BCUT2D eigenvalue weighted by Gasteiger charge is -2.18. The zero-order valence-corrected chi connectivity index (χ0v) is 18.2. The summed E-state index contributed by atoms with van der Waals surface area (Å²) >= 11 is 0. The molecular weight excluding hydrogens is 440 g/mol. The number of rotatable bonds is 7. The van der Waals surface area contributed by atoms with Crippen molar-refractivity contribution < 1.29 is 18.7 Å². The van der Waals surface area contributed by atoms with E-state index in [0.717, 1.165) is 10.1 Å². The summed E-state index contributed by atoms with van der Waals surface area (Å²) in [5, 5.41) is 12.3. The van der Waals surface area contributed by atoms with Gasteiger partial charge in [0.15, 0.2) is 0 Å². The Morgan fingerprint density at radius 2 is 1.56 bits per heavy atom. The molecule has 2 N–H and O–H groups in total. The van der Waals surface area contributed by atoms with Gasteiger partial charge >= 0.3 is 5.97 Å². The van der Waals surface area contributed by atoms with Crippen LogP contribution in [0.5, 0.6) is 0 Å². The second kappa shape index (κ2) is 9.66. The van der Waals surface area contributed by atoms with Crippen LogP contribution >= 0.6 is 0 Å². The molecule has 0 amide bonds. The third-order valence-corrected chi connectivity index (χ3v) is 5.42. The third-order valence-electron chi connectivity index (χ3n) is 5.42. The van der Waals surface area contributed by atoms with E-state index >= 15 is 0 Å². The van der Waals surface area contributed by atoms with E-state index in [4.69, 9.17) is 0 Å². The molecular formula is C26H21F2N3O3. The zero-order chi connectivity index (χ0) is 24.2. The van der Waals surface area contributed by atoms with Gasteiger partial charge in [0.2, 0.25) is 0 Å². The summed E-state index contributed by atoms with van der Waals surface area (Å²) in [5.74, 6) is -2.26. The van der Waals surface area contributed by atoms with E-state index in [2.05, 4.69) is 10.3 Å². The van der Waals surface area contributed by atoms with Gasteiger partial charge in [-0.2, -0.15) is 0 Å². The summed E-state index contributed by atoms with van der Waals surface area (Å²) in [4.78, 5) is 28.7. The molecule has 0 bridgehead atoms. The Morgan fingerprint density at radius 1 is 0.971 bits per heavy atom. The van der Waals surface area contributed by atoms with Crippen molar-refractivity contribution in [2.24, 2.45) is 0 Å². The molecule has 0 unspecified atom stereocenters. The highest BCUT2D eigenvalue weighted by Crippen LogP contribution is 2.26. The van der Waals surface area contributed by atoms with Crippen molar-refractivity contribution in [1.29, 1.82) is 0 Å². The Kier molecular flexibility index (Phi) is 6.49. The first kappa shape index (κ1) is 22.8. The molecule has 1 heterocycles. The first-order valence-corrected chi connectivity index (χ1v) is 10.5. The number of halogens is 2. The fourth-order valence-electron chi connectivity index (χ4n) is 3.69. The number of hydrogen-bond acceptors (Lipinski definition) is 4. The van der Waals surface area contributed by atoms with Gasteiger partial charge < -0.3 is 10.4 Å². The molecule has 1 aromatic heterocycles. The maximum atomic E-state index is 14.3. The molecule has 172 valence electrons. The molecule has 0 spiro atoms. The van der Waals surface area contributed by atoms with E-state index in [-0.39, 0.29) is 28.9 Å². The van der Waals surface area contributed by atoms with E-state index in [1.807, 2.05) is 19.1 Å². The van der Waals surface area contributed by atoms with E-state index < -0.39 is 23.9 Å². The van der Waals surface area contributed by atoms with Crippen LogP contribution in [0.25, 0.3) is 22.5 Å². The number of nitrogens with zero attached hydrogens (tertiary/aromatic N) is 2. The molecule has 0 fully saturated rings. The minimum atomic E-state index is -1.25. The number of anilines is 1. The average Bonchev–Trinajstić information content (AvgIpc) is 2.82. The van der Waals surface area contributed by atoms with Crippen molar-refractivity contribution in [3.63, 3.8) is 0 Å². The molecule has 6 nitrogen and oxygen atoms in total. The molecule has 0 aliphatic rings. The van der Waals surface area contributed by atoms with E-state index in [1.54, 1.807) is 36.4 Å². The summed E-state index contributed by atoms with van der Waals surface area (Å²) in [6, 6.07) is 19.1. The Bertz CT molecular complexity index is 1400. The summed E-state index contributed by atoms with van der Waals surface area (Å²) in [6.07, 6.45) is 1.27. The lowest BCUT2D eigenvalue weighted by molar-refractivity contribution is -0.137. The molecule has 0 saturated heterocycles. The van der Waals surface area contributed by atoms with Gasteiger partial charge in [-0.3, -0.25) is 14.2 Å². The number of aliphatic carboxylic acids is 1. The second-order valence-electron chi connectivity index (χ2n) is 7.73. The van der Waals surface area contributed by atoms with Gasteiger partial charge in [-0.1, -0.05) is 54.6 Å². The van der Waals surface area contributed by atoms with Crippen LogP contribution in [0.1, 0.15) is 18.5 Å². The summed E-state index contributed by atoms with van der Waals surface area (Å²) in [6.45, 7) is 1.15. The van der Waals surface area contributed by atoms with Crippen LogP contribution in [-0.4, -0.2) is 20.6 Å². The second-order valence-corrected chi connectivity index (χ2v) is 7.73. The standard InChI is InChI=1S/C26H21F2N3O3/c1-16(17-10-12-18(13-11-17)19-6-2-4-8-21(19)27)30-23-14-29-25(20-7-3-5-9-22(20)28)31(26(23)34)15-24(32)33/h2-14,16,30H,15H2,1H3,(H,32,33)/t16-/m1/s1. The molecule has 3 aromatic carbocycles. The fourth-order valence-corrected chi connectivity index (χ4v) is 3.69. The number of aromatic nitrogens is 2. The lowest BCUT2D eigenvalue weighted by atomic mass is 10.0. The van der Waals surface area contributed by atoms with Gasteiger partial charge in [-0.15, -0.1) is 0 Å². The van der Waals surface area contributed by atoms with Crippen LogP contribution in [0.15, 0.2) is 83.8 Å². The van der Waals surface area contributed by atoms with Crippen LogP contribution in [0, 0.1) is 11.6 Å². The maximum Gasteiger partial charge on any atom is 0.323 e. The third kappa shape index (κ3) is 4.71. The van der Waals surface area contributed by atoms with Crippen LogP contribution in [0.2, 0.25) is 0 Å². The number of benzene rings is 3. The largest absolute Gasteiger partial charge is 0.480 e. The Labute approximate surface area is 194 Å². The fraction of sp³-hybridized carbons (Fsp3) is 0.115. The quantitative estimate of drug-likeness (QED) is 0.399. The molecule has 0 radical (unpaired) electrons. The van der Waals surface area contributed by atoms with Crippen LogP contribution in [0.4, 0.5) is 14.5 Å². The highest BCUT2D eigenvalue weighted by atomic mass is 19.1. The molecule has 1 atom stereocenters. The van der Waals surface area contributed by atoms with Gasteiger partial charge in [0.25, 0.3) is 5.56 Å². The number of carbonyl (C=O) groups is 1. The first-order valence-electron chi connectivity index (χ1n) is 10.5. The number of hydrogen-bond donors (Lipinski definition) is 2. The van der Waals surface area contributed by atoms with Crippen molar-refractivity contribution in [2.75, 3.05) is 5.32 Å². The monoisotopic (exact) mass is 461 g/mol. The summed E-state index contributed by atoms with van der Waals surface area (Å²) in [7, 11) is 0. The number of carboxylic acids is 1. The predicted octanol–water partition coefficient (Wildman–Crippen LogP) is 5.11. The minimum absolute atomic E-state index is 0.0316. The van der Waals surface area contributed by atoms with E-state index in [1.165, 1.54) is 30.5 Å². The van der Waals surface area contributed by atoms with Gasteiger partial charge in [-0.05, 0) is 36.2 Å². The summed E-state index contributed by atoms with van der Waals surface area (Å²) < 4.78 is 29.3. The molecule has 0 aliphatic heterocycles. The Hall–Kier alpha value is -4.33. The van der Waals surface area contributed by atoms with Crippen LogP contribution in [0.3, 0.4) is 0 Å². The first-order chi connectivity index (χ1) is 16.3. The van der Waals surface area contributed by atoms with Crippen molar-refractivity contribution in [3.05, 3.63) is 107 Å². The van der Waals surface area contributed by atoms with Gasteiger partial charge in [-0.25, -0.2) is 13.8 Å². The molecule has 8 heteroatoms. The van der Waals surface area contributed by atoms with E-state index in [9.17, 15) is 23.5 Å². The predicted molar refractivity (Wildman–Crippen MR) is 125 cm³/mol. The number of carboxylic acid groups (broad SMARTS) is 1. The topological polar surface area (TPSA) is 84.2 Å². The minimum Gasteiger partial charge on any atom is -0.480 e. The van der Waals surface area contributed by atoms with Crippen molar-refractivity contribution in [1.82, 2.24) is 9.55 Å². The van der Waals surface area contributed by atoms with E-state index in [0.29, 0.717) is 11.1 Å². The molecule has 34 heavy (non-hydrogen) atoms. The molecule has 0 aliphatic carbocycles. The summed E-state index contributed by atoms with van der Waals surface area (Å²) in [5.41, 5.74) is 1.50. The lowest BCUT2D eigenvalue weighted by Crippen LogP contribution is -2.29. The van der Waals surface area contributed by atoms with Crippen molar-refractivity contribution in [2.45, 2.75) is 19.5 Å². The van der Waals surface area contributed by atoms with Crippen LogP contribution < -0.4 is 10.9 Å². The Balaban J connectivity index is 1.64. The van der Waals surface area contributed by atoms with Crippen LogP contribution in [-0.2, 0) is 11.3 Å². The highest BCUT2D eigenvalue weighted by molar-refractivity contribution is 5.69. The molecule has 4 rings (SSSR count). The molecule has 4 aromatic rings. The number of nitrogens with one attached hydrogen (secondary N) is 1. The van der Waals surface area contributed by atoms with Crippen molar-refractivity contribution >= 4 is 11.7 Å². The smallest absolute Gasteiger partial charge is 0.323 e. The van der Waals surface area contributed by atoms with Gasteiger partial charge in [0, 0.05) is 11.6 Å². The van der Waals surface area contributed by atoms with Gasteiger partial charge in [0.1, 0.15) is 29.7 Å². The molecule has 0 saturated carbocycles. The average molecular weight is 461 g/mol. The van der Waals surface area contributed by atoms with Gasteiger partial charge in [0.05, 0.1) is 11.8 Å². The highest BCUT2D eigenvalue weighted by Gasteiger charge is 2.18. The zero-order valence-electron chi connectivity index (χ0n) is 18.2. The maximum absolute atomic E-state index is 14.3. The van der Waals surface area contributed by atoms with Crippen molar-refractivity contribution in [3.8, 4) is 22.5 Å². The SMILES string of the molecule is C[C@@H](Nc1cnc(-c2ccccc2F)n(CC(=O)O)c1=O)c1ccc(-c2ccccc2F)cc1. The normalized spacial score (nSPS) is 11.7.